The van der Waals surface area contributed by atoms with Gasteiger partial charge in [-0.3, -0.25) is 9.69 Å². The van der Waals surface area contributed by atoms with E-state index in [2.05, 4.69) is 15.0 Å². The Bertz CT molecular complexity index is 694. The lowest BCUT2D eigenvalue weighted by atomic mass is 10.2. The van der Waals surface area contributed by atoms with Crippen LogP contribution >= 0.6 is 0 Å². The van der Waals surface area contributed by atoms with Crippen LogP contribution in [0.2, 0.25) is 0 Å². The number of halogens is 3. The number of ether oxygens (including phenoxy) is 1. The van der Waals surface area contributed by atoms with Crippen LogP contribution in [0.5, 0.6) is 5.75 Å². The first-order valence-electron chi connectivity index (χ1n) is 9.94. The van der Waals surface area contributed by atoms with Crippen LogP contribution in [0.4, 0.5) is 13.2 Å². The molecule has 1 aromatic rings. The van der Waals surface area contributed by atoms with Crippen molar-refractivity contribution in [1.29, 1.82) is 0 Å². The number of fused-ring (bicyclic) bond motifs is 1. The highest BCUT2D eigenvalue weighted by atomic mass is 19.4. The average molecular weight is 397 g/mol. The van der Waals surface area contributed by atoms with Gasteiger partial charge in [-0.05, 0) is 54.8 Å². The van der Waals surface area contributed by atoms with Crippen molar-refractivity contribution in [3.63, 3.8) is 0 Å². The number of piperidine rings is 1. The molecule has 3 aliphatic rings. The van der Waals surface area contributed by atoms with Gasteiger partial charge in [-0.1, -0.05) is 12.1 Å². The molecule has 1 N–H and O–H groups in total. The van der Waals surface area contributed by atoms with Crippen LogP contribution in [0.3, 0.4) is 0 Å². The average Bonchev–Trinajstić information content (AvgIpc) is 3.03. The summed E-state index contributed by atoms with van der Waals surface area (Å²) in [4.78, 5) is 16.5. The van der Waals surface area contributed by atoms with E-state index in [9.17, 15) is 18.0 Å². The maximum Gasteiger partial charge on any atom is 0.573 e. The van der Waals surface area contributed by atoms with E-state index in [-0.39, 0.29) is 11.7 Å². The summed E-state index contributed by atoms with van der Waals surface area (Å²) in [5.74, 6) is 1.95. The molecule has 3 fully saturated rings. The zero-order valence-corrected chi connectivity index (χ0v) is 15.8. The molecule has 1 amide bonds. The van der Waals surface area contributed by atoms with Crippen LogP contribution in [0.25, 0.3) is 0 Å². The van der Waals surface area contributed by atoms with Gasteiger partial charge in [-0.2, -0.15) is 0 Å². The maximum absolute atomic E-state index is 12.3. The Morgan fingerprint density at radius 1 is 1.18 bits per heavy atom. The Kier molecular flexibility index (Phi) is 5.51. The third-order valence-corrected chi connectivity index (χ3v) is 6.11. The molecular weight excluding hydrogens is 371 g/mol. The number of hydrogen-bond acceptors (Lipinski definition) is 4. The number of nitrogens with zero attached hydrogens (tertiary/aromatic N) is 2. The van der Waals surface area contributed by atoms with E-state index >= 15 is 0 Å². The van der Waals surface area contributed by atoms with Crippen LogP contribution < -0.4 is 10.1 Å². The Balaban J connectivity index is 1.16. The van der Waals surface area contributed by atoms with E-state index in [0.717, 1.165) is 51.1 Å². The number of hydrogen-bond donors (Lipinski definition) is 1. The molecule has 0 radical (unpaired) electrons. The summed E-state index contributed by atoms with van der Waals surface area (Å²) >= 11 is 0. The number of amides is 1. The number of carbonyl (C=O) groups is 1. The van der Waals surface area contributed by atoms with Gasteiger partial charge in [0.2, 0.25) is 5.91 Å². The summed E-state index contributed by atoms with van der Waals surface area (Å²) in [6, 6.07) is 6.08. The molecule has 2 atom stereocenters. The largest absolute Gasteiger partial charge is 0.573 e. The van der Waals surface area contributed by atoms with Gasteiger partial charge in [0.05, 0.1) is 6.54 Å². The topological polar surface area (TPSA) is 44.8 Å². The Hall–Kier alpha value is -1.80. The fourth-order valence-electron chi connectivity index (χ4n) is 4.66. The molecule has 2 aliphatic heterocycles. The van der Waals surface area contributed by atoms with Crippen LogP contribution in [-0.4, -0.2) is 61.3 Å². The lowest BCUT2D eigenvalue weighted by molar-refractivity contribution is -0.274. The van der Waals surface area contributed by atoms with E-state index in [1.165, 1.54) is 12.1 Å². The lowest BCUT2D eigenvalue weighted by Crippen LogP contribution is -2.39. The molecule has 5 nitrogen and oxygen atoms in total. The van der Waals surface area contributed by atoms with Gasteiger partial charge in [0.15, 0.2) is 0 Å². The molecule has 1 saturated carbocycles. The van der Waals surface area contributed by atoms with Crippen molar-refractivity contribution in [2.45, 2.75) is 25.7 Å². The first kappa shape index (κ1) is 19.5. The molecule has 154 valence electrons. The van der Waals surface area contributed by atoms with Gasteiger partial charge >= 0.3 is 6.36 Å². The molecule has 8 heteroatoms. The number of carbonyl (C=O) groups excluding carboxylic acids is 1. The van der Waals surface area contributed by atoms with Crippen molar-refractivity contribution < 1.29 is 22.7 Å². The fraction of sp³-hybridized carbons (Fsp3) is 0.650. The Morgan fingerprint density at radius 2 is 1.89 bits per heavy atom. The van der Waals surface area contributed by atoms with Crippen molar-refractivity contribution in [2.75, 3.05) is 39.3 Å². The van der Waals surface area contributed by atoms with Gasteiger partial charge < -0.3 is 15.0 Å². The molecule has 0 aromatic heterocycles. The quantitative estimate of drug-likeness (QED) is 0.768. The number of benzene rings is 1. The third-order valence-electron chi connectivity index (χ3n) is 6.11. The highest BCUT2D eigenvalue weighted by molar-refractivity contribution is 5.78. The maximum atomic E-state index is 12.3. The van der Waals surface area contributed by atoms with Crippen molar-refractivity contribution in [3.8, 4) is 5.75 Å². The summed E-state index contributed by atoms with van der Waals surface area (Å²) in [7, 11) is 0. The fourth-order valence-corrected chi connectivity index (χ4v) is 4.66. The minimum absolute atomic E-state index is 0.187. The molecule has 4 rings (SSSR count). The lowest BCUT2D eigenvalue weighted by Gasteiger charge is -2.22. The molecule has 0 bridgehead atoms. The molecule has 0 spiro atoms. The molecule has 2 saturated heterocycles. The molecule has 1 aromatic carbocycles. The monoisotopic (exact) mass is 397 g/mol. The van der Waals surface area contributed by atoms with E-state index in [1.807, 2.05) is 4.90 Å². The second kappa shape index (κ2) is 7.91. The summed E-state index contributed by atoms with van der Waals surface area (Å²) < 4.78 is 40.9. The van der Waals surface area contributed by atoms with Gasteiger partial charge in [0.25, 0.3) is 0 Å². The summed E-state index contributed by atoms with van der Waals surface area (Å²) in [5.41, 5.74) is 0.769. The first-order chi connectivity index (χ1) is 13.4. The summed E-state index contributed by atoms with van der Waals surface area (Å²) in [5, 5.41) is 3.35. The normalized spacial score (nSPS) is 27.1. The number of alkyl halides is 3. The van der Waals surface area contributed by atoms with Crippen LogP contribution in [-0.2, 0) is 11.3 Å². The minimum atomic E-state index is -4.67. The Labute approximate surface area is 162 Å². The number of likely N-dealkylation sites (tertiary alicyclic amines) is 2. The first-order valence-corrected chi connectivity index (χ1v) is 9.94. The smallest absolute Gasteiger partial charge is 0.406 e. The number of nitrogens with one attached hydrogen (secondary N) is 1. The van der Waals surface area contributed by atoms with Crippen LogP contribution in [0.15, 0.2) is 24.3 Å². The third kappa shape index (κ3) is 4.78. The van der Waals surface area contributed by atoms with Gasteiger partial charge in [-0.15, -0.1) is 13.2 Å². The van der Waals surface area contributed by atoms with Crippen molar-refractivity contribution in [3.05, 3.63) is 29.8 Å². The van der Waals surface area contributed by atoms with E-state index in [4.69, 9.17) is 0 Å². The highest BCUT2D eigenvalue weighted by Gasteiger charge is 2.55. The predicted octanol–water partition coefficient (Wildman–Crippen LogP) is 2.48. The van der Waals surface area contributed by atoms with Crippen LogP contribution in [0.1, 0.15) is 18.4 Å². The minimum Gasteiger partial charge on any atom is -0.406 e. The van der Waals surface area contributed by atoms with Crippen molar-refractivity contribution in [1.82, 2.24) is 15.1 Å². The second-order valence-corrected chi connectivity index (χ2v) is 8.10. The SMILES string of the molecule is O=C(CN1CC2C(CNCc3cccc(OC(F)(F)F)c3)C2C1)N1CCCC1. The molecular formula is C20H26F3N3O2. The van der Waals surface area contributed by atoms with E-state index in [1.54, 1.807) is 12.1 Å². The summed E-state index contributed by atoms with van der Waals surface area (Å²) in [6.07, 6.45) is -2.43. The van der Waals surface area contributed by atoms with E-state index < -0.39 is 6.36 Å². The summed E-state index contributed by atoms with van der Waals surface area (Å²) in [6.45, 7) is 5.68. The molecule has 28 heavy (non-hydrogen) atoms. The molecule has 1 aliphatic carbocycles. The molecule has 2 heterocycles. The van der Waals surface area contributed by atoms with Crippen LogP contribution in [0, 0.1) is 17.8 Å². The standard InChI is InChI=1S/C20H26F3N3O2/c21-20(22,23)28-15-5-3-4-14(8-15)9-24-10-16-17-11-25(12-18(16)17)13-19(27)26-6-1-2-7-26/h3-5,8,16-18,24H,1-2,6-7,9-13H2. The number of rotatable bonds is 7. The van der Waals surface area contributed by atoms with E-state index in [0.29, 0.717) is 30.8 Å². The zero-order valence-electron chi connectivity index (χ0n) is 15.8. The predicted molar refractivity (Wildman–Crippen MR) is 97.6 cm³/mol. The van der Waals surface area contributed by atoms with Gasteiger partial charge in [-0.25, -0.2) is 0 Å². The second-order valence-electron chi connectivity index (χ2n) is 8.10. The highest BCUT2D eigenvalue weighted by Crippen LogP contribution is 2.51. The van der Waals surface area contributed by atoms with Gasteiger partial charge in [0, 0.05) is 32.7 Å². The van der Waals surface area contributed by atoms with Gasteiger partial charge in [0.1, 0.15) is 5.75 Å². The Morgan fingerprint density at radius 3 is 2.57 bits per heavy atom. The van der Waals surface area contributed by atoms with Crippen molar-refractivity contribution >= 4 is 5.91 Å². The zero-order chi connectivity index (χ0) is 19.7. The van der Waals surface area contributed by atoms with Crippen molar-refractivity contribution in [2.24, 2.45) is 17.8 Å². The molecule has 2 unspecified atom stereocenters.